The smallest absolute Gasteiger partial charge is 0.256 e. The van der Waals surface area contributed by atoms with Crippen LogP contribution >= 0.6 is 0 Å². The van der Waals surface area contributed by atoms with Gasteiger partial charge in [0.25, 0.3) is 5.91 Å². The van der Waals surface area contributed by atoms with Crippen LogP contribution in [-0.2, 0) is 0 Å². The molecule has 0 aromatic heterocycles. The molecule has 4 heteroatoms. The molecule has 0 aliphatic heterocycles. The summed E-state index contributed by atoms with van der Waals surface area (Å²) in [7, 11) is 0. The number of halogens is 1. The average molecular weight is 266 g/mol. The molecule has 0 atom stereocenters. The molecule has 19 heavy (non-hydrogen) atoms. The summed E-state index contributed by atoms with van der Waals surface area (Å²) in [6, 6.07) is 4.21. The molecule has 2 N–H and O–H groups in total. The van der Waals surface area contributed by atoms with Gasteiger partial charge in [-0.2, -0.15) is 0 Å². The van der Waals surface area contributed by atoms with Crippen molar-refractivity contribution < 1.29 is 9.18 Å². The molecule has 0 unspecified atom stereocenters. The Morgan fingerprint density at radius 3 is 2.42 bits per heavy atom. The number of carbonyl (C=O) groups is 1. The first-order valence-electron chi connectivity index (χ1n) is 6.87. The van der Waals surface area contributed by atoms with E-state index in [1.165, 1.54) is 12.1 Å². The highest BCUT2D eigenvalue weighted by Gasteiger charge is 2.20. The molecule has 0 aliphatic carbocycles. The van der Waals surface area contributed by atoms with Crippen LogP contribution in [0, 0.1) is 11.7 Å². The normalized spacial score (nSPS) is 10.8. The Morgan fingerprint density at radius 1 is 1.32 bits per heavy atom. The third-order valence-corrected chi connectivity index (χ3v) is 3.53. The molecule has 1 rings (SSSR count). The summed E-state index contributed by atoms with van der Waals surface area (Å²) >= 11 is 0. The molecule has 0 heterocycles. The SMILES string of the molecule is CCC(CC)CN(CC)C(=O)c1ccc(N)cc1F. The summed E-state index contributed by atoms with van der Waals surface area (Å²) in [6.07, 6.45) is 2.04. The molecule has 0 saturated carbocycles. The summed E-state index contributed by atoms with van der Waals surface area (Å²) < 4.78 is 13.8. The highest BCUT2D eigenvalue weighted by Crippen LogP contribution is 2.16. The fourth-order valence-electron chi connectivity index (χ4n) is 2.09. The largest absolute Gasteiger partial charge is 0.399 e. The number of nitrogens with two attached hydrogens (primary N) is 1. The van der Waals surface area contributed by atoms with Crippen LogP contribution in [0.1, 0.15) is 44.0 Å². The number of hydrogen-bond donors (Lipinski definition) is 1. The predicted molar refractivity (Wildman–Crippen MR) is 76.5 cm³/mol. The summed E-state index contributed by atoms with van der Waals surface area (Å²) in [5.41, 5.74) is 5.92. The monoisotopic (exact) mass is 266 g/mol. The quantitative estimate of drug-likeness (QED) is 0.803. The van der Waals surface area contributed by atoms with Crippen molar-refractivity contribution in [3.05, 3.63) is 29.6 Å². The third kappa shape index (κ3) is 3.94. The first-order valence-corrected chi connectivity index (χ1v) is 6.87. The molecular weight excluding hydrogens is 243 g/mol. The lowest BCUT2D eigenvalue weighted by Gasteiger charge is -2.25. The van der Waals surface area contributed by atoms with Crippen molar-refractivity contribution in [2.24, 2.45) is 5.92 Å². The second-order valence-electron chi connectivity index (χ2n) is 4.77. The highest BCUT2D eigenvalue weighted by molar-refractivity contribution is 5.94. The zero-order valence-corrected chi connectivity index (χ0v) is 11.9. The Labute approximate surface area is 114 Å². The maximum atomic E-state index is 13.8. The Hall–Kier alpha value is -1.58. The van der Waals surface area contributed by atoms with E-state index in [0.717, 1.165) is 12.8 Å². The van der Waals surface area contributed by atoms with E-state index in [-0.39, 0.29) is 11.5 Å². The fraction of sp³-hybridized carbons (Fsp3) is 0.533. The molecule has 1 aromatic carbocycles. The van der Waals surface area contributed by atoms with E-state index in [0.29, 0.717) is 24.7 Å². The summed E-state index contributed by atoms with van der Waals surface area (Å²) in [5, 5.41) is 0. The van der Waals surface area contributed by atoms with Gasteiger partial charge in [0, 0.05) is 18.8 Å². The molecule has 1 amide bonds. The van der Waals surface area contributed by atoms with Crippen LogP contribution in [0.25, 0.3) is 0 Å². The van der Waals surface area contributed by atoms with Crippen LogP contribution in [0.2, 0.25) is 0 Å². The minimum absolute atomic E-state index is 0.0991. The van der Waals surface area contributed by atoms with Gasteiger partial charge in [0.15, 0.2) is 0 Å². The Balaban J connectivity index is 2.89. The lowest BCUT2D eigenvalue weighted by molar-refractivity contribution is 0.0730. The van der Waals surface area contributed by atoms with Crippen LogP contribution in [0.3, 0.4) is 0 Å². The van der Waals surface area contributed by atoms with Crippen LogP contribution < -0.4 is 5.73 Å². The molecule has 0 bridgehead atoms. The maximum Gasteiger partial charge on any atom is 0.256 e. The molecule has 0 radical (unpaired) electrons. The highest BCUT2D eigenvalue weighted by atomic mass is 19.1. The second kappa shape index (κ2) is 7.12. The summed E-state index contributed by atoms with van der Waals surface area (Å²) in [5.74, 6) is -0.347. The summed E-state index contributed by atoms with van der Waals surface area (Å²) in [6.45, 7) is 7.38. The van der Waals surface area contributed by atoms with E-state index in [1.807, 2.05) is 6.92 Å². The zero-order valence-electron chi connectivity index (χ0n) is 11.9. The van der Waals surface area contributed by atoms with Crippen molar-refractivity contribution in [2.45, 2.75) is 33.6 Å². The van der Waals surface area contributed by atoms with Crippen molar-refractivity contribution in [3.8, 4) is 0 Å². The van der Waals surface area contributed by atoms with Gasteiger partial charge in [-0.05, 0) is 31.0 Å². The van der Waals surface area contributed by atoms with Crippen LogP contribution in [0.4, 0.5) is 10.1 Å². The van der Waals surface area contributed by atoms with Gasteiger partial charge >= 0.3 is 0 Å². The number of nitrogen functional groups attached to an aromatic ring is 1. The number of amides is 1. The van der Waals surface area contributed by atoms with Gasteiger partial charge in [0.05, 0.1) is 5.56 Å². The van der Waals surface area contributed by atoms with Crippen molar-refractivity contribution in [1.82, 2.24) is 4.90 Å². The van der Waals surface area contributed by atoms with Crippen LogP contribution in [0.5, 0.6) is 0 Å². The molecule has 106 valence electrons. The Bertz CT molecular complexity index is 430. The fourth-order valence-corrected chi connectivity index (χ4v) is 2.09. The number of hydrogen-bond acceptors (Lipinski definition) is 2. The standard InChI is InChI=1S/C15H23FN2O/c1-4-11(5-2)10-18(6-3)15(19)13-8-7-12(17)9-14(13)16/h7-9,11H,4-6,10,17H2,1-3H3. The van der Waals surface area contributed by atoms with Gasteiger partial charge in [-0.1, -0.05) is 26.7 Å². The third-order valence-electron chi connectivity index (χ3n) is 3.53. The van der Waals surface area contributed by atoms with Crippen molar-refractivity contribution in [3.63, 3.8) is 0 Å². The Kier molecular flexibility index (Phi) is 5.80. The van der Waals surface area contributed by atoms with E-state index >= 15 is 0 Å². The van der Waals surface area contributed by atoms with Gasteiger partial charge < -0.3 is 10.6 Å². The lowest BCUT2D eigenvalue weighted by atomic mass is 10.0. The number of benzene rings is 1. The lowest BCUT2D eigenvalue weighted by Crippen LogP contribution is -2.35. The maximum absolute atomic E-state index is 13.8. The van der Waals surface area contributed by atoms with Crippen molar-refractivity contribution in [2.75, 3.05) is 18.8 Å². The molecule has 0 aliphatic rings. The molecule has 1 aromatic rings. The summed E-state index contributed by atoms with van der Waals surface area (Å²) in [4.78, 5) is 14.0. The Morgan fingerprint density at radius 2 is 1.95 bits per heavy atom. The van der Waals surface area contributed by atoms with Gasteiger partial charge in [0.2, 0.25) is 0 Å². The van der Waals surface area contributed by atoms with Crippen LogP contribution in [0.15, 0.2) is 18.2 Å². The van der Waals surface area contributed by atoms with E-state index in [2.05, 4.69) is 13.8 Å². The number of rotatable bonds is 6. The molecule has 0 fully saturated rings. The minimum Gasteiger partial charge on any atom is -0.399 e. The van der Waals surface area contributed by atoms with Gasteiger partial charge in [-0.15, -0.1) is 0 Å². The number of carbonyl (C=O) groups excluding carboxylic acids is 1. The van der Waals surface area contributed by atoms with E-state index in [1.54, 1.807) is 11.0 Å². The van der Waals surface area contributed by atoms with Gasteiger partial charge in [-0.3, -0.25) is 4.79 Å². The van der Waals surface area contributed by atoms with Gasteiger partial charge in [-0.25, -0.2) is 4.39 Å². The van der Waals surface area contributed by atoms with Crippen molar-refractivity contribution in [1.29, 1.82) is 0 Å². The first-order chi connectivity index (χ1) is 9.03. The predicted octanol–water partition coefficient (Wildman–Crippen LogP) is 3.31. The molecular formula is C15H23FN2O. The molecule has 0 spiro atoms. The number of anilines is 1. The van der Waals surface area contributed by atoms with Crippen molar-refractivity contribution >= 4 is 11.6 Å². The van der Waals surface area contributed by atoms with Gasteiger partial charge in [0.1, 0.15) is 5.82 Å². The van der Waals surface area contributed by atoms with Crippen LogP contribution in [-0.4, -0.2) is 23.9 Å². The second-order valence-corrected chi connectivity index (χ2v) is 4.77. The van der Waals surface area contributed by atoms with E-state index < -0.39 is 5.82 Å². The molecule has 0 saturated heterocycles. The average Bonchev–Trinajstić information content (AvgIpc) is 2.39. The van der Waals surface area contributed by atoms with E-state index in [4.69, 9.17) is 5.73 Å². The molecule has 3 nitrogen and oxygen atoms in total. The van der Waals surface area contributed by atoms with E-state index in [9.17, 15) is 9.18 Å². The topological polar surface area (TPSA) is 46.3 Å². The number of nitrogens with zero attached hydrogens (tertiary/aromatic N) is 1. The zero-order chi connectivity index (χ0) is 14.4. The first kappa shape index (κ1) is 15.5. The minimum atomic E-state index is -0.548.